The summed E-state index contributed by atoms with van der Waals surface area (Å²) in [6.07, 6.45) is 2.46. The van der Waals surface area contributed by atoms with E-state index in [1.807, 2.05) is 6.92 Å². The molecule has 1 saturated heterocycles. The number of pyridine rings is 1. The molecule has 0 saturated carbocycles. The molecule has 0 unspecified atom stereocenters. The van der Waals surface area contributed by atoms with Crippen molar-refractivity contribution in [1.29, 1.82) is 0 Å². The van der Waals surface area contributed by atoms with E-state index in [-0.39, 0.29) is 41.6 Å². The second-order valence-corrected chi connectivity index (χ2v) is 8.48. The maximum Gasteiger partial charge on any atom is 0.274 e. The molecule has 1 fully saturated rings. The highest BCUT2D eigenvalue weighted by Gasteiger charge is 2.42. The lowest BCUT2D eigenvalue weighted by atomic mass is 10.0. The van der Waals surface area contributed by atoms with E-state index < -0.39 is 28.8 Å². The number of aromatic nitrogens is 1. The molecule has 2 N–H and O–H groups in total. The van der Waals surface area contributed by atoms with Crippen LogP contribution in [0, 0.1) is 12.7 Å². The van der Waals surface area contributed by atoms with E-state index in [9.17, 15) is 23.9 Å². The Bertz CT molecular complexity index is 1150. The zero-order valence-corrected chi connectivity index (χ0v) is 18.2. The maximum atomic E-state index is 14.1. The molecule has 2 bridgehead atoms. The Morgan fingerprint density at radius 3 is 2.75 bits per heavy atom. The number of nitrogens with one attached hydrogen (secondary N) is 1. The van der Waals surface area contributed by atoms with Crippen molar-refractivity contribution in [3.05, 3.63) is 62.8 Å². The van der Waals surface area contributed by atoms with Crippen LogP contribution < -0.4 is 10.7 Å². The third-order valence-corrected chi connectivity index (χ3v) is 6.44. The van der Waals surface area contributed by atoms with Crippen molar-refractivity contribution in [2.24, 2.45) is 0 Å². The van der Waals surface area contributed by atoms with Gasteiger partial charge in [0.15, 0.2) is 11.4 Å². The van der Waals surface area contributed by atoms with Gasteiger partial charge in [-0.2, -0.15) is 0 Å². The summed E-state index contributed by atoms with van der Waals surface area (Å²) in [5, 5.41) is 13.2. The Kier molecular flexibility index (Phi) is 5.77. The van der Waals surface area contributed by atoms with Crippen molar-refractivity contribution in [3.8, 4) is 5.75 Å². The van der Waals surface area contributed by atoms with Crippen LogP contribution in [0.3, 0.4) is 0 Å². The number of hydrogen-bond acceptors (Lipinski definition) is 5. The van der Waals surface area contributed by atoms with Crippen LogP contribution in [-0.4, -0.2) is 52.2 Å². The van der Waals surface area contributed by atoms with Gasteiger partial charge in [0.2, 0.25) is 5.43 Å². The maximum absolute atomic E-state index is 14.1. The van der Waals surface area contributed by atoms with Crippen molar-refractivity contribution in [3.63, 3.8) is 0 Å². The second kappa shape index (κ2) is 8.38. The molecule has 9 heteroatoms. The minimum Gasteiger partial charge on any atom is -0.503 e. The number of carbonyl (C=O) groups excluding carboxylic acids is 2. The summed E-state index contributed by atoms with van der Waals surface area (Å²) in [5.41, 5.74) is -0.364. The molecule has 32 heavy (non-hydrogen) atoms. The van der Waals surface area contributed by atoms with E-state index in [2.05, 4.69) is 5.32 Å². The van der Waals surface area contributed by atoms with Gasteiger partial charge in [-0.05, 0) is 38.3 Å². The minimum atomic E-state index is -0.937. The predicted octanol–water partition coefficient (Wildman–Crippen LogP) is 2.13. The van der Waals surface area contributed by atoms with E-state index >= 15 is 0 Å². The van der Waals surface area contributed by atoms with Crippen LogP contribution in [0.2, 0.25) is 0 Å². The highest BCUT2D eigenvalue weighted by Crippen LogP contribution is 2.35. The summed E-state index contributed by atoms with van der Waals surface area (Å²) in [6.45, 7) is 3.90. The fourth-order valence-electron chi connectivity index (χ4n) is 4.53. The Labute approximate surface area is 184 Å². The topological polar surface area (TPSA) is 101 Å². The van der Waals surface area contributed by atoms with E-state index in [1.54, 1.807) is 31.1 Å². The number of carbonyl (C=O) groups is 2. The summed E-state index contributed by atoms with van der Waals surface area (Å²) >= 11 is 0. The summed E-state index contributed by atoms with van der Waals surface area (Å²) < 4.78 is 21.2. The number of amides is 2. The standard InChI is InChI=1S/C23H26FN3O5/c1-12-4-6-14(16(24)8-12)9-25-22(30)15-10-27-17-11-26(13(2)5-7-18(17)32-3)23(31)19(27)21(29)20(15)28/h4,6,8,10,13,17-18,29H,5,7,9,11H2,1-3H3,(H,25,30)/t13-,17+,18+/m0/s1. The number of halogens is 1. The van der Waals surface area contributed by atoms with Gasteiger partial charge in [-0.3, -0.25) is 14.4 Å². The van der Waals surface area contributed by atoms with Gasteiger partial charge in [-0.25, -0.2) is 4.39 Å². The van der Waals surface area contributed by atoms with Crippen LogP contribution in [0.1, 0.15) is 57.8 Å². The van der Waals surface area contributed by atoms with Crippen LogP contribution in [0.25, 0.3) is 0 Å². The number of aryl methyl sites for hydroxylation is 1. The number of aromatic hydroxyl groups is 1. The van der Waals surface area contributed by atoms with Gasteiger partial charge in [0.05, 0.1) is 12.1 Å². The highest BCUT2D eigenvalue weighted by molar-refractivity contribution is 5.99. The number of benzene rings is 1. The number of methoxy groups -OCH3 is 1. The molecule has 170 valence electrons. The summed E-state index contributed by atoms with van der Waals surface area (Å²) in [6, 6.07) is 4.22. The minimum absolute atomic E-state index is 0.0687. The number of hydrogen-bond donors (Lipinski definition) is 2. The molecule has 0 radical (unpaired) electrons. The monoisotopic (exact) mass is 443 g/mol. The molecule has 2 aliphatic rings. The quantitative estimate of drug-likeness (QED) is 0.754. The van der Waals surface area contributed by atoms with Crippen LogP contribution in [0.5, 0.6) is 5.75 Å². The zero-order valence-electron chi connectivity index (χ0n) is 18.2. The fraction of sp³-hybridized carbons (Fsp3) is 0.435. The van der Waals surface area contributed by atoms with Crippen molar-refractivity contribution in [1.82, 2.24) is 14.8 Å². The summed E-state index contributed by atoms with van der Waals surface area (Å²) in [4.78, 5) is 40.3. The molecule has 4 rings (SSSR count). The molecule has 1 aromatic carbocycles. The Balaban J connectivity index is 1.71. The first-order chi connectivity index (χ1) is 15.2. The third-order valence-electron chi connectivity index (χ3n) is 6.44. The van der Waals surface area contributed by atoms with Gasteiger partial charge >= 0.3 is 0 Å². The lowest BCUT2D eigenvalue weighted by molar-refractivity contribution is 0.0330. The summed E-state index contributed by atoms with van der Waals surface area (Å²) in [7, 11) is 1.58. The molecule has 2 aromatic rings. The molecule has 3 atom stereocenters. The van der Waals surface area contributed by atoms with Crippen molar-refractivity contribution >= 4 is 11.8 Å². The molecule has 1 aromatic heterocycles. The molecule has 0 aliphatic carbocycles. The molecular weight excluding hydrogens is 417 g/mol. The molecular formula is C23H26FN3O5. The van der Waals surface area contributed by atoms with E-state index in [0.29, 0.717) is 13.0 Å². The van der Waals surface area contributed by atoms with Crippen LogP contribution in [0.15, 0.2) is 29.2 Å². The van der Waals surface area contributed by atoms with Gasteiger partial charge in [-0.15, -0.1) is 0 Å². The number of ether oxygens (including phenoxy) is 1. The molecule has 0 spiro atoms. The normalized spacial score (nSPS) is 22.3. The SMILES string of the molecule is CO[C@@H]1CC[C@H](C)N2C[C@H]1n1cc(C(=O)NCc3ccc(C)cc3F)c(=O)c(O)c1C2=O. The molecule has 2 aliphatic heterocycles. The van der Waals surface area contributed by atoms with Crippen LogP contribution >= 0.6 is 0 Å². The van der Waals surface area contributed by atoms with E-state index in [0.717, 1.165) is 12.0 Å². The largest absolute Gasteiger partial charge is 0.503 e. The highest BCUT2D eigenvalue weighted by atomic mass is 19.1. The zero-order chi connectivity index (χ0) is 23.2. The predicted molar refractivity (Wildman–Crippen MR) is 114 cm³/mol. The number of rotatable bonds is 4. The lowest BCUT2D eigenvalue weighted by Gasteiger charge is -2.38. The lowest BCUT2D eigenvalue weighted by Crippen LogP contribution is -2.49. The first-order valence-corrected chi connectivity index (χ1v) is 10.6. The number of nitrogens with zero attached hydrogens (tertiary/aromatic N) is 2. The average molecular weight is 443 g/mol. The third kappa shape index (κ3) is 3.66. The van der Waals surface area contributed by atoms with E-state index in [1.165, 1.54) is 16.8 Å². The van der Waals surface area contributed by atoms with Crippen LogP contribution in [0.4, 0.5) is 4.39 Å². The molecule has 8 nitrogen and oxygen atoms in total. The Morgan fingerprint density at radius 1 is 1.31 bits per heavy atom. The van der Waals surface area contributed by atoms with Crippen LogP contribution in [-0.2, 0) is 11.3 Å². The average Bonchev–Trinajstić information content (AvgIpc) is 2.90. The Morgan fingerprint density at radius 2 is 2.06 bits per heavy atom. The van der Waals surface area contributed by atoms with Gasteiger partial charge in [-0.1, -0.05) is 12.1 Å². The van der Waals surface area contributed by atoms with Gasteiger partial charge in [0, 0.05) is 38.0 Å². The second-order valence-electron chi connectivity index (χ2n) is 8.48. The van der Waals surface area contributed by atoms with Gasteiger partial charge < -0.3 is 24.6 Å². The van der Waals surface area contributed by atoms with Gasteiger partial charge in [0.25, 0.3) is 11.8 Å². The van der Waals surface area contributed by atoms with E-state index in [4.69, 9.17) is 4.74 Å². The molecule has 3 heterocycles. The van der Waals surface area contributed by atoms with Crippen molar-refractivity contribution in [2.45, 2.75) is 51.4 Å². The van der Waals surface area contributed by atoms with Crippen molar-refractivity contribution in [2.75, 3.05) is 13.7 Å². The first kappa shape index (κ1) is 22.0. The molecule has 2 amide bonds. The Hall–Kier alpha value is -3.20. The smallest absolute Gasteiger partial charge is 0.274 e. The fourth-order valence-corrected chi connectivity index (χ4v) is 4.53. The first-order valence-electron chi connectivity index (χ1n) is 10.6. The van der Waals surface area contributed by atoms with Crippen molar-refractivity contribution < 1.29 is 23.8 Å². The number of fused-ring (bicyclic) bond motifs is 4. The summed E-state index contributed by atoms with van der Waals surface area (Å²) in [5.74, 6) is -2.43. The van der Waals surface area contributed by atoms with Gasteiger partial charge in [0.1, 0.15) is 11.4 Å².